The Balaban J connectivity index is 1.47. The van der Waals surface area contributed by atoms with E-state index < -0.39 is 0 Å². The highest BCUT2D eigenvalue weighted by Gasteiger charge is 2.40. The molecule has 1 fully saturated rings. The Bertz CT molecular complexity index is 1010. The van der Waals surface area contributed by atoms with E-state index in [-0.39, 0.29) is 17.1 Å². The van der Waals surface area contributed by atoms with Crippen molar-refractivity contribution in [3.05, 3.63) is 71.1 Å². The van der Waals surface area contributed by atoms with Crippen LogP contribution in [-0.2, 0) is 0 Å². The van der Waals surface area contributed by atoms with Crippen LogP contribution in [0, 0.1) is 18.2 Å². The minimum atomic E-state index is -0.279. The number of aromatic nitrogens is 1. The molecule has 4 rings (SSSR count). The quantitative estimate of drug-likeness (QED) is 0.497. The monoisotopic (exact) mass is 424 g/mol. The summed E-state index contributed by atoms with van der Waals surface area (Å²) in [6.07, 6.45) is 3.14. The van der Waals surface area contributed by atoms with Gasteiger partial charge < -0.3 is 9.64 Å². The fourth-order valence-electron chi connectivity index (χ4n) is 3.91. The molecule has 156 valence electrons. The molecule has 3 aromatic rings. The third kappa shape index (κ3) is 4.38. The number of carbonyl (C=O) groups is 1. The van der Waals surface area contributed by atoms with Gasteiger partial charge in [-0.2, -0.15) is 0 Å². The van der Waals surface area contributed by atoms with Crippen LogP contribution >= 0.6 is 11.3 Å². The summed E-state index contributed by atoms with van der Waals surface area (Å²) >= 11 is 1.55. The first-order chi connectivity index (χ1) is 14.5. The molecular formula is C24H25FN2O2S. The highest BCUT2D eigenvalue weighted by atomic mass is 32.1. The molecule has 0 atom stereocenters. The van der Waals surface area contributed by atoms with Crippen molar-refractivity contribution in [3.63, 3.8) is 0 Å². The summed E-state index contributed by atoms with van der Waals surface area (Å²) in [5, 5.41) is 0.878. The number of ether oxygens (including phenoxy) is 1. The van der Waals surface area contributed by atoms with Crippen LogP contribution in [0.25, 0.3) is 10.4 Å². The summed E-state index contributed by atoms with van der Waals surface area (Å²) in [7, 11) is 1.84. The SMILES string of the molecule is Cc1nc(C(=O)N(C)CC2(COc3ccc(F)cc3)CCC2)c(-c2ccccc2)s1. The van der Waals surface area contributed by atoms with Gasteiger partial charge in [-0.1, -0.05) is 36.8 Å². The summed E-state index contributed by atoms with van der Waals surface area (Å²) in [4.78, 5) is 20.5. The Morgan fingerprint density at radius 3 is 2.50 bits per heavy atom. The third-order valence-corrected chi connectivity index (χ3v) is 6.68. The van der Waals surface area contributed by atoms with E-state index in [2.05, 4.69) is 4.98 Å². The van der Waals surface area contributed by atoms with Crippen LogP contribution in [0.1, 0.15) is 34.8 Å². The molecule has 4 nitrogen and oxygen atoms in total. The third-order valence-electron chi connectivity index (χ3n) is 5.66. The first-order valence-corrected chi connectivity index (χ1v) is 10.9. The average molecular weight is 425 g/mol. The van der Waals surface area contributed by atoms with Gasteiger partial charge in [0.1, 0.15) is 17.3 Å². The first kappa shape index (κ1) is 20.5. The Morgan fingerprint density at radius 2 is 1.87 bits per heavy atom. The lowest BCUT2D eigenvalue weighted by molar-refractivity contribution is 0.0229. The van der Waals surface area contributed by atoms with E-state index in [0.29, 0.717) is 24.6 Å². The zero-order valence-corrected chi connectivity index (χ0v) is 18.0. The Kier molecular flexibility index (Phi) is 5.86. The number of thiazole rings is 1. The van der Waals surface area contributed by atoms with Gasteiger partial charge in [0.2, 0.25) is 0 Å². The zero-order valence-electron chi connectivity index (χ0n) is 17.2. The number of aryl methyl sites for hydroxylation is 1. The molecule has 30 heavy (non-hydrogen) atoms. The lowest BCUT2D eigenvalue weighted by atomic mass is 9.69. The van der Waals surface area contributed by atoms with Gasteiger partial charge in [-0.15, -0.1) is 11.3 Å². The van der Waals surface area contributed by atoms with Crippen molar-refractivity contribution < 1.29 is 13.9 Å². The topological polar surface area (TPSA) is 42.4 Å². The van der Waals surface area contributed by atoms with Crippen LogP contribution in [-0.4, -0.2) is 36.0 Å². The highest BCUT2D eigenvalue weighted by molar-refractivity contribution is 7.15. The van der Waals surface area contributed by atoms with Crippen molar-refractivity contribution in [2.45, 2.75) is 26.2 Å². The molecule has 1 aliphatic rings. The standard InChI is InChI=1S/C24H25FN2O2S/c1-17-26-21(22(30-17)18-7-4-3-5-8-18)23(28)27(2)15-24(13-6-14-24)16-29-20-11-9-19(25)10-12-20/h3-5,7-12H,6,13-16H2,1-2H3. The molecule has 0 radical (unpaired) electrons. The zero-order chi connectivity index (χ0) is 21.1. The number of amides is 1. The predicted octanol–water partition coefficient (Wildman–Crippen LogP) is 5.58. The molecule has 0 bridgehead atoms. The normalized spacial score (nSPS) is 14.8. The lowest BCUT2D eigenvalue weighted by Crippen LogP contribution is -2.46. The minimum Gasteiger partial charge on any atom is -0.493 e. The van der Waals surface area contributed by atoms with Crippen LogP contribution < -0.4 is 4.74 Å². The van der Waals surface area contributed by atoms with Crippen molar-refractivity contribution in [2.75, 3.05) is 20.2 Å². The number of halogens is 1. The van der Waals surface area contributed by atoms with Crippen LogP contribution in [0.3, 0.4) is 0 Å². The summed E-state index contributed by atoms with van der Waals surface area (Å²) in [6, 6.07) is 16.0. The number of rotatable bonds is 7. The Morgan fingerprint density at radius 1 is 1.17 bits per heavy atom. The van der Waals surface area contributed by atoms with Gasteiger partial charge in [-0.25, -0.2) is 9.37 Å². The van der Waals surface area contributed by atoms with Gasteiger partial charge in [0.15, 0.2) is 0 Å². The molecule has 1 aromatic heterocycles. The molecular weight excluding hydrogens is 399 g/mol. The van der Waals surface area contributed by atoms with Gasteiger partial charge in [-0.3, -0.25) is 4.79 Å². The van der Waals surface area contributed by atoms with Gasteiger partial charge in [-0.05, 0) is 49.6 Å². The summed E-state index contributed by atoms with van der Waals surface area (Å²) in [5.74, 6) is 0.309. The van der Waals surface area contributed by atoms with Crippen LogP contribution in [0.5, 0.6) is 5.75 Å². The van der Waals surface area contributed by atoms with Gasteiger partial charge in [0, 0.05) is 19.0 Å². The van der Waals surface area contributed by atoms with Crippen LogP contribution in [0.2, 0.25) is 0 Å². The predicted molar refractivity (Wildman–Crippen MR) is 117 cm³/mol. The number of hydrogen-bond acceptors (Lipinski definition) is 4. The summed E-state index contributed by atoms with van der Waals surface area (Å²) < 4.78 is 19.0. The molecule has 0 unspecified atom stereocenters. The van der Waals surface area contributed by atoms with Crippen LogP contribution in [0.4, 0.5) is 4.39 Å². The second-order valence-electron chi connectivity index (χ2n) is 8.03. The maximum atomic E-state index is 13.3. The van der Waals surface area contributed by atoms with Crippen LogP contribution in [0.15, 0.2) is 54.6 Å². The molecule has 0 spiro atoms. The molecule has 0 aliphatic heterocycles. The maximum Gasteiger partial charge on any atom is 0.273 e. The van der Waals surface area contributed by atoms with E-state index in [4.69, 9.17) is 4.74 Å². The second kappa shape index (κ2) is 8.56. The van der Waals surface area contributed by atoms with E-state index >= 15 is 0 Å². The molecule has 0 saturated heterocycles. The van der Waals surface area contributed by atoms with Gasteiger partial charge >= 0.3 is 0 Å². The summed E-state index contributed by atoms with van der Waals surface area (Å²) in [5.41, 5.74) is 1.45. The van der Waals surface area contributed by atoms with E-state index in [9.17, 15) is 9.18 Å². The van der Waals surface area contributed by atoms with E-state index in [1.54, 1.807) is 28.4 Å². The largest absolute Gasteiger partial charge is 0.493 e. The number of hydrogen-bond donors (Lipinski definition) is 0. The molecule has 1 amide bonds. The smallest absolute Gasteiger partial charge is 0.273 e. The Labute approximate surface area is 180 Å². The van der Waals surface area contributed by atoms with Crippen molar-refractivity contribution in [2.24, 2.45) is 5.41 Å². The maximum absolute atomic E-state index is 13.3. The minimum absolute atomic E-state index is 0.0636. The van der Waals surface area contributed by atoms with Gasteiger partial charge in [0.25, 0.3) is 5.91 Å². The van der Waals surface area contributed by atoms with Crippen molar-refractivity contribution in [3.8, 4) is 16.2 Å². The number of carbonyl (C=O) groups excluding carboxylic acids is 1. The van der Waals surface area contributed by atoms with E-state index in [0.717, 1.165) is 34.7 Å². The summed E-state index contributed by atoms with van der Waals surface area (Å²) in [6.45, 7) is 3.05. The molecule has 1 aliphatic carbocycles. The van der Waals surface area contributed by atoms with Crippen molar-refractivity contribution in [1.29, 1.82) is 0 Å². The van der Waals surface area contributed by atoms with Crippen molar-refractivity contribution in [1.82, 2.24) is 9.88 Å². The molecule has 1 heterocycles. The lowest BCUT2D eigenvalue weighted by Gasteiger charge is -2.43. The van der Waals surface area contributed by atoms with Gasteiger partial charge in [0.05, 0.1) is 16.5 Å². The first-order valence-electron chi connectivity index (χ1n) is 10.1. The molecule has 6 heteroatoms. The second-order valence-corrected chi connectivity index (χ2v) is 9.24. The average Bonchev–Trinajstić information content (AvgIpc) is 3.12. The molecule has 0 N–H and O–H groups in total. The Hall–Kier alpha value is -2.73. The fraction of sp³-hybridized carbons (Fsp3) is 0.333. The fourth-order valence-corrected chi connectivity index (χ4v) is 4.82. The van der Waals surface area contributed by atoms with Crippen molar-refractivity contribution >= 4 is 17.2 Å². The molecule has 1 saturated carbocycles. The molecule has 2 aromatic carbocycles. The number of benzene rings is 2. The highest BCUT2D eigenvalue weighted by Crippen LogP contribution is 2.42. The van der Waals surface area contributed by atoms with E-state index in [1.165, 1.54) is 12.1 Å². The number of nitrogens with zero attached hydrogens (tertiary/aromatic N) is 2. The van der Waals surface area contributed by atoms with E-state index in [1.807, 2.05) is 44.3 Å².